The Balaban J connectivity index is 0.00000306. The van der Waals surface area contributed by atoms with Gasteiger partial charge in [0.1, 0.15) is 5.75 Å². The lowest BCUT2D eigenvalue weighted by molar-refractivity contribution is 0.198. The molecule has 2 saturated heterocycles. The van der Waals surface area contributed by atoms with Gasteiger partial charge in [-0.1, -0.05) is 42.5 Å². The van der Waals surface area contributed by atoms with Gasteiger partial charge in [-0.25, -0.2) is 0 Å². The molecule has 2 fully saturated rings. The number of guanidine groups is 1. The van der Waals surface area contributed by atoms with Gasteiger partial charge in [0.15, 0.2) is 5.96 Å². The minimum atomic E-state index is 0. The molecular weight excluding hydrogens is 525 g/mol. The lowest BCUT2D eigenvalue weighted by Crippen LogP contribution is -2.49. The summed E-state index contributed by atoms with van der Waals surface area (Å²) < 4.78 is 5.54. The van der Waals surface area contributed by atoms with Gasteiger partial charge in [-0.2, -0.15) is 0 Å². The summed E-state index contributed by atoms with van der Waals surface area (Å²) in [6.45, 7) is 6.35. The highest BCUT2D eigenvalue weighted by Crippen LogP contribution is 2.31. The number of para-hydroxylation sites is 2. The summed E-state index contributed by atoms with van der Waals surface area (Å²) in [5.74, 6) is 2.49. The Morgan fingerprint density at radius 2 is 1.73 bits per heavy atom. The molecule has 0 saturated carbocycles. The SMILES string of the molecule is CN=C(NCC1CCN(c2ccccc2OC)C1)NC1CCN(Cc2ccccc2)CC1.I. The van der Waals surface area contributed by atoms with Crippen molar-refractivity contribution in [1.82, 2.24) is 15.5 Å². The van der Waals surface area contributed by atoms with Gasteiger partial charge in [0, 0.05) is 52.4 Å². The lowest BCUT2D eigenvalue weighted by atomic mass is 10.0. The Labute approximate surface area is 215 Å². The predicted molar refractivity (Wildman–Crippen MR) is 148 cm³/mol. The fourth-order valence-corrected chi connectivity index (χ4v) is 4.82. The summed E-state index contributed by atoms with van der Waals surface area (Å²) in [6, 6.07) is 19.6. The standard InChI is InChI=1S/C26H37N5O.HI/c1-27-26(29-23-13-15-30(16-14-23)19-21-8-4-3-5-9-21)28-18-22-12-17-31(20-22)24-10-6-7-11-25(24)32-2;/h3-11,22-23H,12-20H2,1-2H3,(H2,27,28,29);1H. The molecule has 0 spiro atoms. The number of hydrogen-bond donors (Lipinski definition) is 2. The number of benzene rings is 2. The van der Waals surface area contributed by atoms with Gasteiger partial charge in [0.25, 0.3) is 0 Å². The van der Waals surface area contributed by atoms with Crippen LogP contribution >= 0.6 is 24.0 Å². The van der Waals surface area contributed by atoms with Crippen molar-refractivity contribution in [3.8, 4) is 5.75 Å². The highest BCUT2D eigenvalue weighted by Gasteiger charge is 2.25. The van der Waals surface area contributed by atoms with E-state index in [4.69, 9.17) is 4.74 Å². The van der Waals surface area contributed by atoms with Crippen molar-refractivity contribution < 1.29 is 4.74 Å². The largest absolute Gasteiger partial charge is 0.495 e. The zero-order valence-corrected chi connectivity index (χ0v) is 22.2. The Hall–Kier alpha value is -2.00. The molecule has 0 bridgehead atoms. The molecule has 2 aromatic rings. The number of likely N-dealkylation sites (tertiary alicyclic amines) is 1. The number of nitrogens with zero attached hydrogens (tertiary/aromatic N) is 3. The molecule has 2 aliphatic heterocycles. The fourth-order valence-electron chi connectivity index (χ4n) is 4.82. The second-order valence-corrected chi connectivity index (χ2v) is 8.91. The van der Waals surface area contributed by atoms with Crippen molar-refractivity contribution in [2.75, 3.05) is 51.8 Å². The van der Waals surface area contributed by atoms with Crippen molar-refractivity contribution in [2.24, 2.45) is 10.9 Å². The number of rotatable bonds is 7. The lowest BCUT2D eigenvalue weighted by Gasteiger charge is -2.33. The molecule has 2 aromatic carbocycles. The summed E-state index contributed by atoms with van der Waals surface area (Å²) in [4.78, 5) is 9.47. The Morgan fingerprint density at radius 3 is 2.45 bits per heavy atom. The molecule has 2 aliphatic rings. The average Bonchev–Trinajstić information content (AvgIpc) is 3.32. The molecule has 4 rings (SSSR count). The molecule has 2 N–H and O–H groups in total. The van der Waals surface area contributed by atoms with Crippen LogP contribution in [-0.4, -0.2) is 63.8 Å². The molecular formula is C26H38IN5O. The van der Waals surface area contributed by atoms with Crippen molar-refractivity contribution in [3.63, 3.8) is 0 Å². The van der Waals surface area contributed by atoms with Crippen LogP contribution < -0.4 is 20.3 Å². The zero-order valence-electron chi connectivity index (χ0n) is 19.9. The summed E-state index contributed by atoms with van der Waals surface area (Å²) in [7, 11) is 3.62. The maximum absolute atomic E-state index is 5.54. The van der Waals surface area contributed by atoms with Crippen LogP contribution in [0.4, 0.5) is 5.69 Å². The number of methoxy groups -OCH3 is 1. The van der Waals surface area contributed by atoms with Crippen molar-refractivity contribution in [2.45, 2.75) is 31.8 Å². The molecule has 6 nitrogen and oxygen atoms in total. The topological polar surface area (TPSA) is 52.1 Å². The molecule has 2 heterocycles. The first-order valence-electron chi connectivity index (χ1n) is 11.9. The Morgan fingerprint density at radius 1 is 1.00 bits per heavy atom. The first kappa shape index (κ1) is 25.6. The Bertz CT molecular complexity index is 870. The summed E-state index contributed by atoms with van der Waals surface area (Å²) in [5.41, 5.74) is 2.59. The second kappa shape index (κ2) is 13.0. The van der Waals surface area contributed by atoms with Crippen LogP contribution in [0.15, 0.2) is 59.6 Å². The van der Waals surface area contributed by atoms with E-state index in [2.05, 4.69) is 67.9 Å². The summed E-state index contributed by atoms with van der Waals surface area (Å²) in [6.07, 6.45) is 3.48. The van der Waals surface area contributed by atoms with Gasteiger partial charge in [-0.05, 0) is 42.9 Å². The van der Waals surface area contributed by atoms with E-state index in [0.29, 0.717) is 12.0 Å². The fraction of sp³-hybridized carbons (Fsp3) is 0.500. The molecule has 1 atom stereocenters. The summed E-state index contributed by atoms with van der Waals surface area (Å²) >= 11 is 0. The maximum Gasteiger partial charge on any atom is 0.191 e. The normalized spacial score (nSPS) is 19.8. The van der Waals surface area contributed by atoms with Crippen molar-refractivity contribution >= 4 is 35.6 Å². The molecule has 180 valence electrons. The van der Waals surface area contributed by atoms with Gasteiger partial charge in [-0.15, -0.1) is 24.0 Å². The third-order valence-corrected chi connectivity index (χ3v) is 6.67. The number of anilines is 1. The van der Waals surface area contributed by atoms with Crippen LogP contribution in [0.5, 0.6) is 5.75 Å². The number of hydrogen-bond acceptors (Lipinski definition) is 4. The molecule has 7 heteroatoms. The number of halogens is 1. The van der Waals surface area contributed by atoms with Crippen LogP contribution in [0.2, 0.25) is 0 Å². The van der Waals surface area contributed by atoms with E-state index in [9.17, 15) is 0 Å². The molecule has 0 aliphatic carbocycles. The minimum absolute atomic E-state index is 0. The molecule has 0 aromatic heterocycles. The first-order chi connectivity index (χ1) is 15.7. The highest BCUT2D eigenvalue weighted by atomic mass is 127. The van der Waals surface area contributed by atoms with Gasteiger partial charge >= 0.3 is 0 Å². The first-order valence-corrected chi connectivity index (χ1v) is 11.9. The third kappa shape index (κ3) is 7.24. The van der Waals surface area contributed by atoms with E-state index in [0.717, 1.165) is 63.8 Å². The van der Waals surface area contributed by atoms with Gasteiger partial charge in [-0.3, -0.25) is 9.89 Å². The van der Waals surface area contributed by atoms with E-state index in [-0.39, 0.29) is 24.0 Å². The monoisotopic (exact) mass is 563 g/mol. The van der Waals surface area contributed by atoms with Crippen LogP contribution in [0, 0.1) is 5.92 Å². The maximum atomic E-state index is 5.54. The second-order valence-electron chi connectivity index (χ2n) is 8.91. The van der Waals surface area contributed by atoms with Crippen LogP contribution in [0.25, 0.3) is 0 Å². The van der Waals surface area contributed by atoms with Gasteiger partial charge in [0.05, 0.1) is 12.8 Å². The van der Waals surface area contributed by atoms with E-state index in [1.54, 1.807) is 7.11 Å². The number of ether oxygens (including phenoxy) is 1. The number of nitrogens with one attached hydrogen (secondary N) is 2. The average molecular weight is 564 g/mol. The van der Waals surface area contributed by atoms with E-state index < -0.39 is 0 Å². The Kier molecular flexibility index (Phi) is 10.1. The number of aliphatic imine (C=N–C) groups is 1. The predicted octanol–water partition coefficient (Wildman–Crippen LogP) is 3.97. The highest BCUT2D eigenvalue weighted by molar-refractivity contribution is 14.0. The quantitative estimate of drug-likeness (QED) is 0.304. The minimum Gasteiger partial charge on any atom is -0.495 e. The molecule has 33 heavy (non-hydrogen) atoms. The molecule has 0 amide bonds. The smallest absolute Gasteiger partial charge is 0.191 e. The summed E-state index contributed by atoms with van der Waals surface area (Å²) in [5, 5.41) is 7.23. The van der Waals surface area contributed by atoms with E-state index in [1.807, 2.05) is 19.2 Å². The van der Waals surface area contributed by atoms with E-state index in [1.165, 1.54) is 17.7 Å². The van der Waals surface area contributed by atoms with Crippen molar-refractivity contribution in [3.05, 3.63) is 60.2 Å². The molecule has 1 unspecified atom stereocenters. The van der Waals surface area contributed by atoms with Gasteiger partial charge < -0.3 is 20.3 Å². The van der Waals surface area contributed by atoms with Crippen molar-refractivity contribution in [1.29, 1.82) is 0 Å². The zero-order chi connectivity index (χ0) is 22.2. The number of piperidine rings is 1. The van der Waals surface area contributed by atoms with Crippen LogP contribution in [-0.2, 0) is 6.54 Å². The molecule has 0 radical (unpaired) electrons. The van der Waals surface area contributed by atoms with E-state index >= 15 is 0 Å². The third-order valence-electron chi connectivity index (χ3n) is 6.67. The van der Waals surface area contributed by atoms with Crippen LogP contribution in [0.1, 0.15) is 24.8 Å². The van der Waals surface area contributed by atoms with Gasteiger partial charge in [0.2, 0.25) is 0 Å². The van der Waals surface area contributed by atoms with Crippen LogP contribution in [0.3, 0.4) is 0 Å².